The molecule has 5 heteroatoms. The molecule has 0 spiro atoms. The van der Waals surface area contributed by atoms with Crippen molar-refractivity contribution in [2.45, 2.75) is 20.4 Å². The molecule has 0 aliphatic carbocycles. The summed E-state index contributed by atoms with van der Waals surface area (Å²) >= 11 is 0. The van der Waals surface area contributed by atoms with Crippen LogP contribution in [-0.2, 0) is 11.3 Å². The number of aryl methyl sites for hydroxylation is 2. The van der Waals surface area contributed by atoms with Crippen LogP contribution in [0.3, 0.4) is 0 Å². The zero-order valence-corrected chi connectivity index (χ0v) is 12.7. The molecule has 0 fully saturated rings. The van der Waals surface area contributed by atoms with Crippen LogP contribution in [0.5, 0.6) is 0 Å². The van der Waals surface area contributed by atoms with Crippen LogP contribution >= 0.6 is 0 Å². The first-order chi connectivity index (χ1) is 10.5. The van der Waals surface area contributed by atoms with E-state index in [0.29, 0.717) is 12.1 Å². The zero-order valence-electron chi connectivity index (χ0n) is 12.7. The number of carbonyl (C=O) groups is 2. The van der Waals surface area contributed by atoms with E-state index in [1.165, 1.54) is 0 Å². The van der Waals surface area contributed by atoms with Crippen LogP contribution in [0.1, 0.15) is 27.2 Å². The molecule has 0 bridgehead atoms. The van der Waals surface area contributed by atoms with E-state index in [9.17, 15) is 9.59 Å². The van der Waals surface area contributed by atoms with E-state index in [1.54, 1.807) is 18.3 Å². The highest BCUT2D eigenvalue weighted by molar-refractivity contribution is 5.96. The van der Waals surface area contributed by atoms with Gasteiger partial charge < -0.3 is 10.6 Å². The third-order valence-electron chi connectivity index (χ3n) is 3.09. The van der Waals surface area contributed by atoms with E-state index < -0.39 is 0 Å². The van der Waals surface area contributed by atoms with Crippen LogP contribution in [-0.4, -0.2) is 23.3 Å². The Morgan fingerprint density at radius 1 is 1.05 bits per heavy atom. The summed E-state index contributed by atoms with van der Waals surface area (Å²) in [6, 6.07) is 11.1. The van der Waals surface area contributed by atoms with Gasteiger partial charge in [-0.3, -0.25) is 14.6 Å². The quantitative estimate of drug-likeness (QED) is 0.883. The standard InChI is InChI=1S/C17H19N3O2/c1-12-7-13(2)9-14(8-12)17(22)20-11-16(21)19-10-15-5-3-4-6-18-15/h3-9H,10-11H2,1-2H3,(H,19,21)(H,20,22). The summed E-state index contributed by atoms with van der Waals surface area (Å²) in [6.45, 7) is 4.16. The topological polar surface area (TPSA) is 71.1 Å². The number of hydrogen-bond donors (Lipinski definition) is 2. The van der Waals surface area contributed by atoms with Gasteiger partial charge in [-0.25, -0.2) is 0 Å². The number of hydrogen-bond acceptors (Lipinski definition) is 3. The maximum atomic E-state index is 12.0. The van der Waals surface area contributed by atoms with Crippen molar-refractivity contribution in [2.75, 3.05) is 6.54 Å². The predicted molar refractivity (Wildman–Crippen MR) is 84.3 cm³/mol. The largest absolute Gasteiger partial charge is 0.349 e. The molecule has 0 saturated carbocycles. The number of nitrogens with zero attached hydrogens (tertiary/aromatic N) is 1. The average Bonchev–Trinajstić information content (AvgIpc) is 2.50. The molecule has 1 heterocycles. The number of carbonyl (C=O) groups excluding carboxylic acids is 2. The van der Waals surface area contributed by atoms with Crippen molar-refractivity contribution < 1.29 is 9.59 Å². The van der Waals surface area contributed by atoms with E-state index in [-0.39, 0.29) is 18.4 Å². The summed E-state index contributed by atoms with van der Waals surface area (Å²) in [7, 11) is 0. The van der Waals surface area contributed by atoms with Gasteiger partial charge in [0.05, 0.1) is 18.8 Å². The lowest BCUT2D eigenvalue weighted by Crippen LogP contribution is -2.36. The molecular formula is C17H19N3O2. The number of benzene rings is 1. The highest BCUT2D eigenvalue weighted by atomic mass is 16.2. The Bertz CT molecular complexity index is 649. The number of aromatic nitrogens is 1. The first-order valence-corrected chi connectivity index (χ1v) is 7.07. The lowest BCUT2D eigenvalue weighted by atomic mass is 10.1. The first-order valence-electron chi connectivity index (χ1n) is 7.07. The molecule has 2 rings (SSSR count). The summed E-state index contributed by atoms with van der Waals surface area (Å²) in [5, 5.41) is 5.33. The van der Waals surface area contributed by atoms with Crippen molar-refractivity contribution in [3.8, 4) is 0 Å². The molecular weight excluding hydrogens is 278 g/mol. The van der Waals surface area contributed by atoms with Gasteiger partial charge in [-0.2, -0.15) is 0 Å². The lowest BCUT2D eigenvalue weighted by molar-refractivity contribution is -0.120. The van der Waals surface area contributed by atoms with Gasteiger partial charge in [-0.15, -0.1) is 0 Å². The molecule has 5 nitrogen and oxygen atoms in total. The van der Waals surface area contributed by atoms with Gasteiger partial charge in [0.15, 0.2) is 0 Å². The van der Waals surface area contributed by atoms with Gasteiger partial charge in [0.25, 0.3) is 5.91 Å². The zero-order chi connectivity index (χ0) is 15.9. The van der Waals surface area contributed by atoms with Crippen LogP contribution in [0.2, 0.25) is 0 Å². The first kappa shape index (κ1) is 15.7. The smallest absolute Gasteiger partial charge is 0.251 e. The second kappa shape index (κ2) is 7.36. The highest BCUT2D eigenvalue weighted by Gasteiger charge is 2.09. The Balaban J connectivity index is 1.81. The minimum absolute atomic E-state index is 0.0569. The van der Waals surface area contributed by atoms with E-state index in [1.807, 2.05) is 38.1 Å². The van der Waals surface area contributed by atoms with Crippen LogP contribution in [0, 0.1) is 13.8 Å². The van der Waals surface area contributed by atoms with E-state index in [4.69, 9.17) is 0 Å². The van der Waals surface area contributed by atoms with Gasteiger partial charge in [0.1, 0.15) is 0 Å². The third kappa shape index (κ3) is 4.70. The molecule has 1 aromatic carbocycles. The van der Waals surface area contributed by atoms with Gasteiger partial charge >= 0.3 is 0 Å². The van der Waals surface area contributed by atoms with Gasteiger partial charge in [0, 0.05) is 11.8 Å². The van der Waals surface area contributed by atoms with Crippen LogP contribution in [0.4, 0.5) is 0 Å². The lowest BCUT2D eigenvalue weighted by Gasteiger charge is -2.08. The Morgan fingerprint density at radius 2 is 1.77 bits per heavy atom. The molecule has 2 N–H and O–H groups in total. The Labute approximate surface area is 129 Å². The number of amides is 2. The van der Waals surface area contributed by atoms with Gasteiger partial charge in [-0.05, 0) is 38.1 Å². The van der Waals surface area contributed by atoms with Crippen molar-refractivity contribution in [2.24, 2.45) is 0 Å². The summed E-state index contributed by atoms with van der Waals surface area (Å²) in [6.07, 6.45) is 1.67. The van der Waals surface area contributed by atoms with E-state index >= 15 is 0 Å². The predicted octanol–water partition coefficient (Wildman–Crippen LogP) is 1.74. The SMILES string of the molecule is Cc1cc(C)cc(C(=O)NCC(=O)NCc2ccccn2)c1. The monoisotopic (exact) mass is 297 g/mol. The molecule has 0 radical (unpaired) electrons. The highest BCUT2D eigenvalue weighted by Crippen LogP contribution is 2.08. The normalized spacial score (nSPS) is 10.1. The maximum absolute atomic E-state index is 12.0. The molecule has 22 heavy (non-hydrogen) atoms. The maximum Gasteiger partial charge on any atom is 0.251 e. The molecule has 1 aromatic heterocycles. The van der Waals surface area contributed by atoms with E-state index in [0.717, 1.165) is 16.8 Å². The fourth-order valence-corrected chi connectivity index (χ4v) is 2.12. The average molecular weight is 297 g/mol. The van der Waals surface area contributed by atoms with Crippen molar-refractivity contribution in [3.05, 3.63) is 65.0 Å². The number of nitrogens with one attached hydrogen (secondary N) is 2. The summed E-state index contributed by atoms with van der Waals surface area (Å²) in [5.74, 6) is -0.497. The molecule has 0 aliphatic heterocycles. The molecule has 2 aromatic rings. The number of rotatable bonds is 5. The second-order valence-electron chi connectivity index (χ2n) is 5.16. The van der Waals surface area contributed by atoms with Crippen LogP contribution in [0.15, 0.2) is 42.6 Å². The Kier molecular flexibility index (Phi) is 5.25. The molecule has 0 aliphatic rings. The number of pyridine rings is 1. The Hall–Kier alpha value is -2.69. The second-order valence-corrected chi connectivity index (χ2v) is 5.16. The summed E-state index contributed by atoms with van der Waals surface area (Å²) < 4.78 is 0. The molecule has 114 valence electrons. The Morgan fingerprint density at radius 3 is 2.41 bits per heavy atom. The van der Waals surface area contributed by atoms with Crippen molar-refractivity contribution >= 4 is 11.8 Å². The third-order valence-corrected chi connectivity index (χ3v) is 3.09. The van der Waals surface area contributed by atoms with Crippen LogP contribution < -0.4 is 10.6 Å². The van der Waals surface area contributed by atoms with Gasteiger partial charge in [-0.1, -0.05) is 23.3 Å². The van der Waals surface area contributed by atoms with Crippen molar-refractivity contribution in [1.82, 2.24) is 15.6 Å². The minimum atomic E-state index is -0.250. The summed E-state index contributed by atoms with van der Waals surface area (Å²) in [5.41, 5.74) is 3.38. The van der Waals surface area contributed by atoms with Gasteiger partial charge in [0.2, 0.25) is 5.91 Å². The van der Waals surface area contributed by atoms with Crippen molar-refractivity contribution in [3.63, 3.8) is 0 Å². The molecule has 0 unspecified atom stereocenters. The fourth-order valence-electron chi connectivity index (χ4n) is 2.12. The molecule has 0 atom stereocenters. The summed E-state index contributed by atoms with van der Waals surface area (Å²) in [4.78, 5) is 27.9. The molecule has 0 saturated heterocycles. The fraction of sp³-hybridized carbons (Fsp3) is 0.235. The van der Waals surface area contributed by atoms with Crippen LogP contribution in [0.25, 0.3) is 0 Å². The molecule has 2 amide bonds. The minimum Gasteiger partial charge on any atom is -0.349 e. The van der Waals surface area contributed by atoms with Crippen molar-refractivity contribution in [1.29, 1.82) is 0 Å². The van der Waals surface area contributed by atoms with E-state index in [2.05, 4.69) is 15.6 Å².